The summed E-state index contributed by atoms with van der Waals surface area (Å²) in [7, 11) is 3.59. The average Bonchev–Trinajstić information content (AvgIpc) is 2.95. The molecule has 0 unspecified atom stereocenters. The highest BCUT2D eigenvalue weighted by molar-refractivity contribution is 5.87. The Balaban J connectivity index is 1.95. The number of para-hydroxylation sites is 1. The van der Waals surface area contributed by atoms with E-state index in [-0.39, 0.29) is 0 Å². The molecule has 0 amide bonds. The van der Waals surface area contributed by atoms with Gasteiger partial charge in [-0.1, -0.05) is 18.2 Å². The van der Waals surface area contributed by atoms with Gasteiger partial charge in [-0.25, -0.2) is 9.97 Å². The molecule has 0 aliphatic rings. The molecule has 5 nitrogen and oxygen atoms in total. The molecule has 114 valence electrons. The van der Waals surface area contributed by atoms with E-state index in [4.69, 9.17) is 14.7 Å². The van der Waals surface area contributed by atoms with Crippen molar-refractivity contribution in [3.05, 3.63) is 48.2 Å². The standard InChI is InChI=1S/C18H16N4O/c1-11-9-14(20-15-10-19-22(2)18(11)15)13-8-7-12-5-4-6-16(23-3)17(12)21-13/h4-10H,1-3H3. The summed E-state index contributed by atoms with van der Waals surface area (Å²) in [6.07, 6.45) is 1.79. The van der Waals surface area contributed by atoms with Crippen LogP contribution >= 0.6 is 0 Å². The number of methoxy groups -OCH3 is 1. The number of fused-ring (bicyclic) bond motifs is 2. The predicted octanol–water partition coefficient (Wildman–Crippen LogP) is 3.50. The van der Waals surface area contributed by atoms with Crippen LogP contribution in [0.3, 0.4) is 0 Å². The largest absolute Gasteiger partial charge is 0.494 e. The summed E-state index contributed by atoms with van der Waals surface area (Å²) in [4.78, 5) is 9.46. The fraction of sp³-hybridized carbons (Fsp3) is 0.167. The van der Waals surface area contributed by atoms with Crippen LogP contribution < -0.4 is 4.74 Å². The molecule has 0 spiro atoms. The van der Waals surface area contributed by atoms with Crippen LogP contribution in [0.15, 0.2) is 42.6 Å². The van der Waals surface area contributed by atoms with Crippen molar-refractivity contribution in [3.8, 4) is 17.1 Å². The molecule has 0 saturated carbocycles. The summed E-state index contributed by atoms with van der Waals surface area (Å²) >= 11 is 0. The van der Waals surface area contributed by atoms with Gasteiger partial charge in [0.05, 0.1) is 30.2 Å². The first kappa shape index (κ1) is 13.7. The molecule has 5 heteroatoms. The zero-order chi connectivity index (χ0) is 16.0. The van der Waals surface area contributed by atoms with Gasteiger partial charge in [-0.3, -0.25) is 4.68 Å². The summed E-state index contributed by atoms with van der Waals surface area (Å²) in [5, 5.41) is 5.33. The highest BCUT2D eigenvalue weighted by atomic mass is 16.5. The van der Waals surface area contributed by atoms with E-state index in [2.05, 4.69) is 12.0 Å². The molecule has 4 aromatic rings. The molecule has 0 atom stereocenters. The second-order valence-electron chi connectivity index (χ2n) is 5.55. The fourth-order valence-corrected chi connectivity index (χ4v) is 2.96. The van der Waals surface area contributed by atoms with Crippen LogP contribution in [0, 0.1) is 6.92 Å². The lowest BCUT2D eigenvalue weighted by atomic mass is 10.1. The first-order valence-electron chi connectivity index (χ1n) is 7.41. The minimum atomic E-state index is 0.767. The first-order chi connectivity index (χ1) is 11.2. The average molecular weight is 304 g/mol. The maximum atomic E-state index is 5.42. The Labute approximate surface area is 133 Å². The molecule has 3 heterocycles. The lowest BCUT2D eigenvalue weighted by molar-refractivity contribution is 0.419. The zero-order valence-electron chi connectivity index (χ0n) is 13.2. The number of hydrogen-bond donors (Lipinski definition) is 0. The van der Waals surface area contributed by atoms with Crippen LogP contribution in [-0.4, -0.2) is 26.9 Å². The van der Waals surface area contributed by atoms with Crippen molar-refractivity contribution in [3.63, 3.8) is 0 Å². The van der Waals surface area contributed by atoms with E-state index >= 15 is 0 Å². The van der Waals surface area contributed by atoms with Gasteiger partial charge in [-0.2, -0.15) is 5.10 Å². The minimum Gasteiger partial charge on any atom is -0.494 e. The summed E-state index contributed by atoms with van der Waals surface area (Å²) in [6.45, 7) is 2.07. The van der Waals surface area contributed by atoms with Crippen molar-refractivity contribution >= 4 is 21.9 Å². The molecule has 0 bridgehead atoms. The van der Waals surface area contributed by atoms with Gasteiger partial charge in [0.15, 0.2) is 0 Å². The third-order valence-corrected chi connectivity index (χ3v) is 4.05. The first-order valence-corrected chi connectivity index (χ1v) is 7.41. The van der Waals surface area contributed by atoms with Crippen LogP contribution in [0.2, 0.25) is 0 Å². The quantitative estimate of drug-likeness (QED) is 0.569. The number of hydrogen-bond acceptors (Lipinski definition) is 4. The molecule has 0 aliphatic heterocycles. The van der Waals surface area contributed by atoms with E-state index in [0.717, 1.165) is 44.6 Å². The van der Waals surface area contributed by atoms with Crippen molar-refractivity contribution in [2.45, 2.75) is 6.92 Å². The Morgan fingerprint density at radius 2 is 1.91 bits per heavy atom. The molecule has 4 rings (SSSR count). The Bertz CT molecular complexity index is 1040. The Morgan fingerprint density at radius 3 is 2.74 bits per heavy atom. The summed E-state index contributed by atoms with van der Waals surface area (Å²) in [5.74, 6) is 0.767. The second kappa shape index (κ2) is 5.05. The Morgan fingerprint density at radius 1 is 1.04 bits per heavy atom. The van der Waals surface area contributed by atoms with E-state index in [9.17, 15) is 0 Å². The zero-order valence-corrected chi connectivity index (χ0v) is 13.2. The van der Waals surface area contributed by atoms with E-state index in [1.165, 1.54) is 0 Å². The van der Waals surface area contributed by atoms with Crippen molar-refractivity contribution in [1.82, 2.24) is 19.7 Å². The monoisotopic (exact) mass is 304 g/mol. The molecule has 0 aliphatic carbocycles. The Kier molecular flexibility index (Phi) is 3.01. The molecular weight excluding hydrogens is 288 g/mol. The van der Waals surface area contributed by atoms with Crippen molar-refractivity contribution in [1.29, 1.82) is 0 Å². The van der Waals surface area contributed by atoms with E-state index in [0.29, 0.717) is 0 Å². The van der Waals surface area contributed by atoms with Gasteiger partial charge in [0, 0.05) is 12.4 Å². The number of pyridine rings is 2. The summed E-state index contributed by atoms with van der Waals surface area (Å²) < 4.78 is 7.26. The lowest BCUT2D eigenvalue weighted by Gasteiger charge is -2.08. The molecule has 0 fully saturated rings. The topological polar surface area (TPSA) is 52.8 Å². The van der Waals surface area contributed by atoms with Crippen molar-refractivity contribution in [2.75, 3.05) is 7.11 Å². The number of rotatable bonds is 2. The van der Waals surface area contributed by atoms with Crippen molar-refractivity contribution in [2.24, 2.45) is 7.05 Å². The van der Waals surface area contributed by atoms with E-state index < -0.39 is 0 Å². The van der Waals surface area contributed by atoms with Crippen LogP contribution in [0.1, 0.15) is 5.56 Å². The minimum absolute atomic E-state index is 0.767. The third kappa shape index (κ3) is 2.12. The molecule has 0 N–H and O–H groups in total. The van der Waals surface area contributed by atoms with Gasteiger partial charge in [0.1, 0.15) is 16.8 Å². The molecule has 0 saturated heterocycles. The third-order valence-electron chi connectivity index (χ3n) is 4.05. The van der Waals surface area contributed by atoms with Crippen LogP contribution in [0.4, 0.5) is 0 Å². The van der Waals surface area contributed by atoms with Gasteiger partial charge in [-0.15, -0.1) is 0 Å². The van der Waals surface area contributed by atoms with Crippen LogP contribution in [-0.2, 0) is 7.05 Å². The van der Waals surface area contributed by atoms with E-state index in [1.807, 2.05) is 48.1 Å². The lowest BCUT2D eigenvalue weighted by Crippen LogP contribution is -1.95. The molecule has 3 aromatic heterocycles. The Hall–Kier alpha value is -2.95. The number of benzene rings is 1. The van der Waals surface area contributed by atoms with Gasteiger partial charge in [0.25, 0.3) is 0 Å². The van der Waals surface area contributed by atoms with Gasteiger partial charge in [0.2, 0.25) is 0 Å². The second-order valence-corrected chi connectivity index (χ2v) is 5.55. The highest BCUT2D eigenvalue weighted by Crippen LogP contribution is 2.28. The van der Waals surface area contributed by atoms with Crippen molar-refractivity contribution < 1.29 is 4.74 Å². The molecule has 1 aromatic carbocycles. The maximum absolute atomic E-state index is 5.42. The smallest absolute Gasteiger partial charge is 0.145 e. The number of ether oxygens (including phenoxy) is 1. The summed E-state index contributed by atoms with van der Waals surface area (Å²) in [6, 6.07) is 12.0. The fourth-order valence-electron chi connectivity index (χ4n) is 2.96. The number of aryl methyl sites for hydroxylation is 2. The number of nitrogens with zero attached hydrogens (tertiary/aromatic N) is 4. The normalized spacial score (nSPS) is 11.3. The van der Waals surface area contributed by atoms with Crippen LogP contribution in [0.25, 0.3) is 33.3 Å². The molecule has 0 radical (unpaired) electrons. The van der Waals surface area contributed by atoms with Gasteiger partial charge < -0.3 is 4.74 Å². The van der Waals surface area contributed by atoms with Crippen LogP contribution in [0.5, 0.6) is 5.75 Å². The van der Waals surface area contributed by atoms with Gasteiger partial charge in [-0.05, 0) is 30.7 Å². The number of aromatic nitrogens is 4. The molecule has 23 heavy (non-hydrogen) atoms. The van der Waals surface area contributed by atoms with E-state index in [1.54, 1.807) is 13.3 Å². The SMILES string of the molecule is COc1cccc2ccc(-c3cc(C)c4c(cnn4C)n3)nc12. The maximum Gasteiger partial charge on any atom is 0.145 e. The highest BCUT2D eigenvalue weighted by Gasteiger charge is 2.11. The predicted molar refractivity (Wildman–Crippen MR) is 90.5 cm³/mol. The summed E-state index contributed by atoms with van der Waals surface area (Å²) in [5.41, 5.74) is 5.58. The van der Waals surface area contributed by atoms with Gasteiger partial charge >= 0.3 is 0 Å². The molecular formula is C18H16N4O.